The molecule has 4 rings (SSSR count). The number of hydrogen-bond acceptors (Lipinski definition) is 1. The van der Waals surface area contributed by atoms with Gasteiger partial charge in [0.2, 0.25) is 0 Å². The van der Waals surface area contributed by atoms with Crippen LogP contribution < -0.4 is 0 Å². The van der Waals surface area contributed by atoms with Crippen LogP contribution in [0.4, 0.5) is 0 Å². The largest absolute Gasteiger partial charge is 0.256 e. The fourth-order valence-corrected chi connectivity index (χ4v) is 3.24. The highest BCUT2D eigenvalue weighted by molar-refractivity contribution is 6.30. The standard InChI is InChI=1S/C21H15ClN/c1-14-18(15-7-9-17(22)10-8-15)11-12-19(14)20-6-2-4-16-5-3-13-23-21(16)20/h2-13H,1H3. The summed E-state index contributed by atoms with van der Waals surface area (Å²) >= 11 is 6.00. The van der Waals surface area contributed by atoms with Gasteiger partial charge in [-0.25, -0.2) is 0 Å². The molecule has 0 saturated heterocycles. The molecule has 0 atom stereocenters. The molecule has 0 aliphatic heterocycles. The van der Waals surface area contributed by atoms with Crippen molar-refractivity contribution >= 4 is 28.1 Å². The maximum absolute atomic E-state index is 6.00. The molecule has 2 aromatic carbocycles. The number of benzene rings is 2. The molecule has 1 aliphatic rings. The summed E-state index contributed by atoms with van der Waals surface area (Å²) in [4.78, 5) is 4.57. The van der Waals surface area contributed by atoms with Crippen molar-refractivity contribution < 1.29 is 0 Å². The number of aromatic nitrogens is 1. The number of halogens is 1. The van der Waals surface area contributed by atoms with Gasteiger partial charge in [0, 0.05) is 16.6 Å². The van der Waals surface area contributed by atoms with Crippen molar-refractivity contribution in [2.45, 2.75) is 6.92 Å². The summed E-state index contributed by atoms with van der Waals surface area (Å²) in [7, 11) is 0. The predicted molar refractivity (Wildman–Crippen MR) is 97.3 cm³/mol. The van der Waals surface area contributed by atoms with Crippen LogP contribution in [-0.4, -0.2) is 4.98 Å². The number of para-hydroxylation sites is 1. The molecule has 23 heavy (non-hydrogen) atoms. The van der Waals surface area contributed by atoms with Crippen LogP contribution in [0.2, 0.25) is 5.02 Å². The van der Waals surface area contributed by atoms with Crippen LogP contribution in [0.15, 0.2) is 78.5 Å². The van der Waals surface area contributed by atoms with E-state index in [4.69, 9.17) is 11.6 Å². The summed E-state index contributed by atoms with van der Waals surface area (Å²) in [5.74, 6) is 1.24. The molecule has 0 fully saturated rings. The van der Waals surface area contributed by atoms with E-state index in [1.54, 1.807) is 0 Å². The van der Waals surface area contributed by atoms with Crippen molar-refractivity contribution in [3.05, 3.63) is 101 Å². The summed E-state index contributed by atoms with van der Waals surface area (Å²) in [5.41, 5.74) is 5.92. The Kier molecular flexibility index (Phi) is 3.51. The second-order valence-corrected chi connectivity index (χ2v) is 6.11. The maximum atomic E-state index is 6.00. The number of hydrogen-bond donors (Lipinski definition) is 0. The van der Waals surface area contributed by atoms with E-state index in [2.05, 4.69) is 60.5 Å². The molecule has 1 heterocycles. The monoisotopic (exact) mass is 316 g/mol. The third-order valence-electron chi connectivity index (χ3n) is 4.30. The summed E-state index contributed by atoms with van der Waals surface area (Å²) < 4.78 is 0. The van der Waals surface area contributed by atoms with Crippen molar-refractivity contribution in [1.82, 2.24) is 4.98 Å². The van der Waals surface area contributed by atoms with Crippen molar-refractivity contribution in [2.75, 3.05) is 0 Å². The van der Waals surface area contributed by atoms with E-state index < -0.39 is 0 Å². The van der Waals surface area contributed by atoms with E-state index in [0.717, 1.165) is 10.5 Å². The lowest BCUT2D eigenvalue weighted by atomic mass is 9.90. The maximum Gasteiger partial charge on any atom is 0.0746 e. The number of rotatable bonds is 2. The van der Waals surface area contributed by atoms with Crippen LogP contribution in [0, 0.1) is 5.92 Å². The highest BCUT2D eigenvalue weighted by Crippen LogP contribution is 2.39. The van der Waals surface area contributed by atoms with Gasteiger partial charge in [-0.05, 0) is 47.4 Å². The average Bonchev–Trinajstić information content (AvgIpc) is 2.96. The van der Waals surface area contributed by atoms with Gasteiger partial charge in [-0.1, -0.05) is 60.2 Å². The molecule has 111 valence electrons. The SMILES string of the molecule is CC1=C(c2ccc(Cl)cc2)C=C[C]1c1cccc2cccnc12. The van der Waals surface area contributed by atoms with E-state index in [1.165, 1.54) is 33.6 Å². The lowest BCUT2D eigenvalue weighted by Crippen LogP contribution is -1.98. The Hall–Kier alpha value is -2.38. The van der Waals surface area contributed by atoms with Crippen LogP contribution in [0.25, 0.3) is 16.5 Å². The quantitative estimate of drug-likeness (QED) is 0.577. The van der Waals surface area contributed by atoms with Crippen LogP contribution >= 0.6 is 11.6 Å². The van der Waals surface area contributed by atoms with Gasteiger partial charge in [0.25, 0.3) is 0 Å². The Morgan fingerprint density at radius 3 is 2.48 bits per heavy atom. The second kappa shape index (κ2) is 5.68. The minimum Gasteiger partial charge on any atom is -0.256 e. The minimum absolute atomic E-state index is 0.761. The van der Waals surface area contributed by atoms with E-state index in [-0.39, 0.29) is 0 Å². The predicted octanol–water partition coefficient (Wildman–Crippen LogP) is 5.85. The van der Waals surface area contributed by atoms with Gasteiger partial charge in [0.1, 0.15) is 0 Å². The normalized spacial score (nSPS) is 14.9. The van der Waals surface area contributed by atoms with E-state index in [9.17, 15) is 0 Å². The third kappa shape index (κ3) is 2.47. The Bertz CT molecular complexity index is 930. The van der Waals surface area contributed by atoms with Gasteiger partial charge in [-0.15, -0.1) is 0 Å². The topological polar surface area (TPSA) is 12.9 Å². The van der Waals surface area contributed by atoms with Crippen molar-refractivity contribution in [1.29, 1.82) is 0 Å². The molecule has 1 aromatic heterocycles. The van der Waals surface area contributed by atoms with Gasteiger partial charge in [-0.2, -0.15) is 0 Å². The highest BCUT2D eigenvalue weighted by Gasteiger charge is 2.22. The molecule has 1 radical (unpaired) electrons. The van der Waals surface area contributed by atoms with Gasteiger partial charge in [0.15, 0.2) is 0 Å². The first-order chi connectivity index (χ1) is 11.2. The zero-order chi connectivity index (χ0) is 15.8. The first-order valence-electron chi connectivity index (χ1n) is 7.60. The molecule has 1 nitrogen and oxygen atoms in total. The van der Waals surface area contributed by atoms with Gasteiger partial charge >= 0.3 is 0 Å². The van der Waals surface area contributed by atoms with Crippen LogP contribution in [-0.2, 0) is 0 Å². The lowest BCUT2D eigenvalue weighted by molar-refractivity contribution is 1.26. The smallest absolute Gasteiger partial charge is 0.0746 e. The molecule has 0 spiro atoms. The second-order valence-electron chi connectivity index (χ2n) is 5.67. The summed E-state index contributed by atoms with van der Waals surface area (Å²) in [6, 6.07) is 18.4. The molecular formula is C21H15ClN. The zero-order valence-corrected chi connectivity index (χ0v) is 13.5. The summed E-state index contributed by atoms with van der Waals surface area (Å²) in [6.07, 6.45) is 6.21. The highest BCUT2D eigenvalue weighted by atomic mass is 35.5. The summed E-state index contributed by atoms with van der Waals surface area (Å²) in [6.45, 7) is 2.17. The lowest BCUT2D eigenvalue weighted by Gasteiger charge is -2.13. The van der Waals surface area contributed by atoms with Crippen LogP contribution in [0.3, 0.4) is 0 Å². The number of nitrogens with zero attached hydrogens (tertiary/aromatic N) is 1. The molecule has 1 aliphatic carbocycles. The fraction of sp³-hybridized carbons (Fsp3) is 0.0476. The minimum atomic E-state index is 0.761. The first kappa shape index (κ1) is 14.2. The Labute approximate surface area is 140 Å². The number of fused-ring (bicyclic) bond motifs is 1. The number of pyridine rings is 1. The molecule has 3 aromatic rings. The van der Waals surface area contributed by atoms with Crippen molar-refractivity contribution in [3.63, 3.8) is 0 Å². The fourth-order valence-electron chi connectivity index (χ4n) is 3.12. The molecular weight excluding hydrogens is 302 g/mol. The van der Waals surface area contributed by atoms with Gasteiger partial charge < -0.3 is 0 Å². The van der Waals surface area contributed by atoms with Gasteiger partial charge in [-0.3, -0.25) is 4.98 Å². The van der Waals surface area contributed by atoms with Gasteiger partial charge in [0.05, 0.1) is 11.4 Å². The molecule has 2 heteroatoms. The summed E-state index contributed by atoms with van der Waals surface area (Å²) in [5, 5.41) is 1.93. The molecule has 0 bridgehead atoms. The van der Waals surface area contributed by atoms with Crippen LogP contribution in [0.5, 0.6) is 0 Å². The van der Waals surface area contributed by atoms with Crippen LogP contribution in [0.1, 0.15) is 18.1 Å². The van der Waals surface area contributed by atoms with Crippen molar-refractivity contribution in [3.8, 4) is 0 Å². The molecule has 0 unspecified atom stereocenters. The van der Waals surface area contributed by atoms with E-state index in [0.29, 0.717) is 0 Å². The first-order valence-corrected chi connectivity index (χ1v) is 7.98. The van der Waals surface area contributed by atoms with E-state index in [1.807, 2.05) is 24.4 Å². The molecule has 0 saturated carbocycles. The zero-order valence-electron chi connectivity index (χ0n) is 12.8. The number of allylic oxidation sites excluding steroid dienone is 4. The Morgan fingerprint density at radius 1 is 0.870 bits per heavy atom. The average molecular weight is 317 g/mol. The Balaban J connectivity index is 1.82. The Morgan fingerprint density at radius 2 is 1.65 bits per heavy atom. The van der Waals surface area contributed by atoms with E-state index >= 15 is 0 Å². The molecule has 0 N–H and O–H groups in total. The van der Waals surface area contributed by atoms with Crippen molar-refractivity contribution in [2.24, 2.45) is 0 Å². The molecule has 0 amide bonds. The third-order valence-corrected chi connectivity index (χ3v) is 4.55.